The largest absolute Gasteiger partial charge is 0.434 e. The maximum atomic E-state index is 13.2. The number of alkyl halides is 3. The van der Waals surface area contributed by atoms with Gasteiger partial charge < -0.3 is 15.1 Å². The van der Waals surface area contributed by atoms with Gasteiger partial charge in [-0.1, -0.05) is 12.1 Å². The van der Waals surface area contributed by atoms with E-state index in [9.17, 15) is 32.3 Å². The minimum atomic E-state index is -4.82. The van der Waals surface area contributed by atoms with E-state index < -0.39 is 57.5 Å². The molecule has 1 unspecified atom stereocenters. The summed E-state index contributed by atoms with van der Waals surface area (Å²) in [5.74, 6) is -1.93. The van der Waals surface area contributed by atoms with Crippen LogP contribution in [0.5, 0.6) is 0 Å². The molecule has 2 aromatic heterocycles. The van der Waals surface area contributed by atoms with Crippen molar-refractivity contribution in [2.45, 2.75) is 18.6 Å². The van der Waals surface area contributed by atoms with E-state index in [0.29, 0.717) is 11.6 Å². The van der Waals surface area contributed by atoms with Crippen molar-refractivity contribution in [3.8, 4) is 0 Å². The van der Waals surface area contributed by atoms with Crippen LogP contribution in [0.2, 0.25) is 0 Å². The summed E-state index contributed by atoms with van der Waals surface area (Å²) in [6, 6.07) is 6.57. The van der Waals surface area contributed by atoms with E-state index in [1.165, 1.54) is 25.1 Å². The van der Waals surface area contributed by atoms with Crippen molar-refractivity contribution in [1.82, 2.24) is 15.6 Å². The van der Waals surface area contributed by atoms with Crippen molar-refractivity contribution in [2.75, 3.05) is 5.32 Å². The van der Waals surface area contributed by atoms with Crippen LogP contribution in [-0.4, -0.2) is 22.8 Å². The van der Waals surface area contributed by atoms with Crippen LogP contribution in [0.1, 0.15) is 28.6 Å². The van der Waals surface area contributed by atoms with Crippen LogP contribution in [0.3, 0.4) is 0 Å². The van der Waals surface area contributed by atoms with Gasteiger partial charge in [-0.2, -0.15) is 13.2 Å². The smallest absolute Gasteiger partial charge is 0.417 e. The lowest BCUT2D eigenvalue weighted by Crippen LogP contribution is -2.40. The summed E-state index contributed by atoms with van der Waals surface area (Å²) in [6.07, 6.45) is -4.82. The van der Waals surface area contributed by atoms with Gasteiger partial charge in [0, 0.05) is 11.8 Å². The quantitative estimate of drug-likeness (QED) is 0.470. The second-order valence-electron chi connectivity index (χ2n) is 6.97. The molecule has 0 spiro atoms. The van der Waals surface area contributed by atoms with Gasteiger partial charge in [-0.25, -0.2) is 4.79 Å². The first-order valence-corrected chi connectivity index (χ1v) is 8.77. The topological polar surface area (TPSA) is 133 Å². The van der Waals surface area contributed by atoms with Crippen molar-refractivity contribution in [2.24, 2.45) is 0 Å². The highest BCUT2D eigenvalue weighted by Crippen LogP contribution is 2.34. The molecule has 3 heterocycles. The molecular formula is C19H13F3N4O5. The third-order valence-electron chi connectivity index (χ3n) is 4.81. The van der Waals surface area contributed by atoms with Crippen LogP contribution in [-0.2, 0) is 16.5 Å². The summed E-state index contributed by atoms with van der Waals surface area (Å²) in [5, 5.41) is 6.58. The number of rotatable bonds is 3. The van der Waals surface area contributed by atoms with Crippen LogP contribution in [0.15, 0.2) is 45.6 Å². The summed E-state index contributed by atoms with van der Waals surface area (Å²) >= 11 is 0. The number of anilines is 1. The van der Waals surface area contributed by atoms with Crippen molar-refractivity contribution in [3.05, 3.63) is 63.6 Å². The number of urea groups is 1. The molecular weight excluding hydrogens is 421 g/mol. The maximum Gasteiger partial charge on any atom is 0.417 e. The van der Waals surface area contributed by atoms with E-state index >= 15 is 0 Å². The SMILES string of the molecule is CC1(c2cccc(NC(=O)c3cc4c(C(F)(F)F)cc(=O)[nH]c4o3)c2)NC(=O)NC1=O. The van der Waals surface area contributed by atoms with Gasteiger partial charge in [-0.05, 0) is 30.7 Å². The number of H-pyrrole nitrogens is 1. The van der Waals surface area contributed by atoms with Gasteiger partial charge in [0.25, 0.3) is 17.4 Å². The maximum absolute atomic E-state index is 13.2. The highest BCUT2D eigenvalue weighted by atomic mass is 19.4. The molecule has 0 radical (unpaired) electrons. The monoisotopic (exact) mass is 434 g/mol. The highest BCUT2D eigenvalue weighted by molar-refractivity contribution is 6.08. The Kier molecular flexibility index (Phi) is 4.38. The molecule has 12 heteroatoms. The van der Waals surface area contributed by atoms with Crippen LogP contribution in [0.4, 0.5) is 23.7 Å². The van der Waals surface area contributed by atoms with Crippen LogP contribution >= 0.6 is 0 Å². The summed E-state index contributed by atoms with van der Waals surface area (Å²) in [5.41, 5.74) is -3.55. The van der Waals surface area contributed by atoms with Gasteiger partial charge in [0.15, 0.2) is 5.76 Å². The fourth-order valence-corrected chi connectivity index (χ4v) is 3.23. The van der Waals surface area contributed by atoms with E-state index in [1.54, 1.807) is 6.07 Å². The number of amides is 4. The molecule has 1 saturated heterocycles. The van der Waals surface area contributed by atoms with Gasteiger partial charge in [0.2, 0.25) is 5.71 Å². The second kappa shape index (κ2) is 6.72. The number of aromatic amines is 1. The first-order chi connectivity index (χ1) is 14.5. The molecule has 31 heavy (non-hydrogen) atoms. The lowest BCUT2D eigenvalue weighted by Gasteiger charge is -2.21. The van der Waals surface area contributed by atoms with Crippen molar-refractivity contribution in [3.63, 3.8) is 0 Å². The molecule has 0 aliphatic carbocycles. The Morgan fingerprint density at radius 3 is 2.52 bits per heavy atom. The zero-order valence-corrected chi connectivity index (χ0v) is 15.6. The van der Waals surface area contributed by atoms with Gasteiger partial charge in [0.05, 0.1) is 10.9 Å². The number of hydrogen-bond acceptors (Lipinski definition) is 5. The standard InChI is InChI=1S/C19H13F3N4O5/c1-18(16(29)25-17(30)26-18)8-3-2-4-9(5-8)23-14(28)12-6-10-11(19(20,21)22)7-13(27)24-15(10)31-12/h2-7H,1H3,(H,23,28)(H,24,27)(H2,25,26,29,30). The van der Waals surface area contributed by atoms with Gasteiger partial charge >= 0.3 is 12.2 Å². The third kappa shape index (κ3) is 3.52. The molecule has 4 amide bonds. The molecule has 160 valence electrons. The Morgan fingerprint density at radius 1 is 1.13 bits per heavy atom. The predicted molar refractivity (Wildman–Crippen MR) is 100 cm³/mol. The molecule has 4 rings (SSSR count). The average molecular weight is 434 g/mol. The number of fused-ring (bicyclic) bond motifs is 1. The summed E-state index contributed by atoms with van der Waals surface area (Å²) in [4.78, 5) is 49.7. The number of aromatic nitrogens is 1. The summed E-state index contributed by atoms with van der Waals surface area (Å²) < 4.78 is 44.7. The number of hydrogen-bond donors (Lipinski definition) is 4. The minimum absolute atomic E-state index is 0.197. The predicted octanol–water partition coefficient (Wildman–Crippen LogP) is 2.45. The third-order valence-corrected chi connectivity index (χ3v) is 4.81. The van der Waals surface area contributed by atoms with E-state index in [0.717, 1.165) is 6.07 Å². The van der Waals surface area contributed by atoms with Crippen molar-refractivity contribution < 1.29 is 32.0 Å². The first-order valence-electron chi connectivity index (χ1n) is 8.77. The van der Waals surface area contributed by atoms with E-state index in [2.05, 4.69) is 20.9 Å². The molecule has 1 fully saturated rings. The van der Waals surface area contributed by atoms with Gasteiger partial charge in [-0.3, -0.25) is 24.7 Å². The highest BCUT2D eigenvalue weighted by Gasteiger charge is 2.43. The molecule has 1 aliphatic rings. The fourth-order valence-electron chi connectivity index (χ4n) is 3.23. The molecule has 0 bridgehead atoms. The molecule has 1 atom stereocenters. The number of furan rings is 1. The van der Waals surface area contributed by atoms with Gasteiger partial charge in [-0.15, -0.1) is 0 Å². The average Bonchev–Trinajstić information content (AvgIpc) is 3.21. The van der Waals surface area contributed by atoms with Crippen LogP contribution in [0.25, 0.3) is 11.1 Å². The zero-order chi connectivity index (χ0) is 22.6. The van der Waals surface area contributed by atoms with Crippen molar-refractivity contribution >= 4 is 34.6 Å². The lowest BCUT2D eigenvalue weighted by molar-refractivity contribution is -0.136. The number of benzene rings is 1. The van der Waals surface area contributed by atoms with Crippen LogP contribution in [0, 0.1) is 0 Å². The summed E-state index contributed by atoms with van der Waals surface area (Å²) in [7, 11) is 0. The molecule has 0 saturated carbocycles. The number of carbonyl (C=O) groups excluding carboxylic acids is 3. The number of nitrogens with one attached hydrogen (secondary N) is 4. The minimum Gasteiger partial charge on any atom is -0.434 e. The van der Waals surface area contributed by atoms with Gasteiger partial charge in [0.1, 0.15) is 5.54 Å². The van der Waals surface area contributed by atoms with Crippen LogP contribution < -0.4 is 21.5 Å². The van der Waals surface area contributed by atoms with E-state index in [4.69, 9.17) is 4.42 Å². The Labute approximate surface area is 170 Å². The Hall–Kier alpha value is -4.09. The zero-order valence-electron chi connectivity index (χ0n) is 15.6. The second-order valence-corrected chi connectivity index (χ2v) is 6.97. The number of halogens is 3. The molecule has 9 nitrogen and oxygen atoms in total. The Balaban J connectivity index is 1.65. The Morgan fingerprint density at radius 2 is 1.87 bits per heavy atom. The fraction of sp³-hybridized carbons (Fsp3) is 0.158. The Bertz CT molecular complexity index is 1310. The van der Waals surface area contributed by atoms with E-state index in [-0.39, 0.29) is 5.69 Å². The lowest BCUT2D eigenvalue weighted by atomic mass is 9.92. The van der Waals surface area contributed by atoms with E-state index in [1.807, 2.05) is 0 Å². The molecule has 1 aliphatic heterocycles. The number of carbonyl (C=O) groups is 3. The summed E-state index contributed by atoms with van der Waals surface area (Å²) in [6.45, 7) is 1.47. The number of pyridine rings is 1. The first kappa shape index (κ1) is 20.2. The molecule has 3 aromatic rings. The van der Waals surface area contributed by atoms with Crippen molar-refractivity contribution in [1.29, 1.82) is 0 Å². The number of imide groups is 1. The molecule has 1 aromatic carbocycles. The normalized spacial score (nSPS) is 18.7. The molecule has 4 N–H and O–H groups in total.